The Morgan fingerprint density at radius 3 is 2.08 bits per heavy atom. The molecule has 1 atom stereocenters. The summed E-state index contributed by atoms with van der Waals surface area (Å²) >= 11 is 0. The third-order valence-electron chi connectivity index (χ3n) is 8.13. The lowest BCUT2D eigenvalue weighted by Gasteiger charge is -2.18. The van der Waals surface area contributed by atoms with Crippen LogP contribution in [-0.2, 0) is 16.1 Å². The maximum absolute atomic E-state index is 13.4. The van der Waals surface area contributed by atoms with Crippen molar-refractivity contribution < 1.29 is 44.5 Å². The first-order valence-electron chi connectivity index (χ1n) is 15.4. The fourth-order valence-corrected chi connectivity index (χ4v) is 5.64. The molecule has 17 nitrogen and oxygen atoms in total. The van der Waals surface area contributed by atoms with E-state index in [1.54, 1.807) is 24.3 Å². The molecule has 4 aromatic heterocycles. The van der Waals surface area contributed by atoms with Gasteiger partial charge < -0.3 is 40.0 Å². The molecule has 0 bridgehead atoms. The van der Waals surface area contributed by atoms with Crippen molar-refractivity contribution in [3.8, 4) is 34.9 Å². The number of fused-ring (bicyclic) bond motifs is 3. The molecule has 51 heavy (non-hydrogen) atoms. The van der Waals surface area contributed by atoms with Crippen LogP contribution in [0.1, 0.15) is 28.8 Å². The molecule has 0 saturated carbocycles. The van der Waals surface area contributed by atoms with Crippen LogP contribution in [0.15, 0.2) is 91.0 Å². The molecule has 1 amide bonds. The van der Waals surface area contributed by atoms with E-state index < -0.39 is 53.8 Å². The number of hydrogen-bond donors (Lipinski definition) is 6. The Bertz CT molecular complexity index is 2360. The number of carbonyl (C=O) groups excluding carboxylic acids is 3. The van der Waals surface area contributed by atoms with Gasteiger partial charge in [0.1, 0.15) is 6.04 Å². The minimum absolute atomic E-state index is 0.194. The Kier molecular flexibility index (Phi) is 8.42. The van der Waals surface area contributed by atoms with E-state index in [1.807, 2.05) is 42.5 Å². The smallest absolute Gasteiger partial charge is 0.355 e. The molecule has 258 valence electrons. The van der Waals surface area contributed by atoms with Gasteiger partial charge in [0.25, 0.3) is 5.91 Å². The zero-order chi connectivity index (χ0) is 35.6. The average Bonchev–Trinajstić information content (AvgIpc) is 3.93. The van der Waals surface area contributed by atoms with Crippen LogP contribution >= 0.6 is 0 Å². The molecular formula is C34H28N8O9. The molecule has 0 fully saturated rings. The van der Waals surface area contributed by atoms with Gasteiger partial charge in [0.2, 0.25) is 29.3 Å². The highest BCUT2D eigenvalue weighted by Crippen LogP contribution is 2.32. The second kappa shape index (κ2) is 13.3. The van der Waals surface area contributed by atoms with Gasteiger partial charge in [-0.3, -0.25) is 4.79 Å². The minimum Gasteiger partial charge on any atom is -0.492 e. The zero-order valence-corrected chi connectivity index (χ0v) is 26.4. The monoisotopic (exact) mass is 692 g/mol. The Hall–Kier alpha value is -7.30. The van der Waals surface area contributed by atoms with Crippen molar-refractivity contribution >= 4 is 39.7 Å². The molecule has 7 rings (SSSR count). The first-order valence-corrected chi connectivity index (χ1v) is 15.4. The fraction of sp³-hybridized carbons (Fsp3) is 0.118. The summed E-state index contributed by atoms with van der Waals surface area (Å²) in [7, 11) is 0. The van der Waals surface area contributed by atoms with E-state index in [4.69, 9.17) is 9.68 Å². The summed E-state index contributed by atoms with van der Waals surface area (Å²) in [4.78, 5) is 49.0. The lowest BCUT2D eigenvalue weighted by molar-refractivity contribution is -0.149. The zero-order valence-electron chi connectivity index (χ0n) is 26.4. The molecule has 4 heterocycles. The van der Waals surface area contributed by atoms with E-state index >= 15 is 0 Å². The molecule has 7 aromatic rings. The summed E-state index contributed by atoms with van der Waals surface area (Å²) in [5, 5.41) is 58.2. The van der Waals surface area contributed by atoms with Crippen LogP contribution in [0.3, 0.4) is 0 Å². The quantitative estimate of drug-likeness (QED) is 0.115. The number of tetrazole rings is 1. The van der Waals surface area contributed by atoms with Crippen LogP contribution in [0.25, 0.3) is 33.2 Å². The number of amides is 1. The summed E-state index contributed by atoms with van der Waals surface area (Å²) in [6.07, 6.45) is -0.829. The number of nitrogens with one attached hydrogen (secondary N) is 2. The molecule has 0 aliphatic carbocycles. The molecule has 0 spiro atoms. The summed E-state index contributed by atoms with van der Waals surface area (Å²) < 4.78 is 3.09. The molecule has 0 saturated heterocycles. The van der Waals surface area contributed by atoms with E-state index in [-0.39, 0.29) is 12.0 Å². The highest BCUT2D eigenvalue weighted by molar-refractivity contribution is 6.09. The van der Waals surface area contributed by atoms with Gasteiger partial charge in [-0.15, -0.1) is 19.7 Å². The van der Waals surface area contributed by atoms with Gasteiger partial charge >= 0.3 is 11.9 Å². The van der Waals surface area contributed by atoms with E-state index in [0.717, 1.165) is 57.2 Å². The number of benzene rings is 3. The van der Waals surface area contributed by atoms with Crippen LogP contribution in [-0.4, -0.2) is 79.0 Å². The molecule has 0 aliphatic heterocycles. The fourth-order valence-electron chi connectivity index (χ4n) is 5.64. The van der Waals surface area contributed by atoms with Gasteiger partial charge in [-0.05, 0) is 53.6 Å². The number of aromatic amines is 1. The molecule has 6 N–H and O–H groups in total. The van der Waals surface area contributed by atoms with E-state index in [2.05, 4.69) is 30.5 Å². The summed E-state index contributed by atoms with van der Waals surface area (Å²) in [5.41, 5.74) is 3.87. The number of rotatable bonds is 11. The Balaban J connectivity index is 1.08. The Labute approximate surface area is 286 Å². The van der Waals surface area contributed by atoms with E-state index in [1.165, 1.54) is 0 Å². The maximum Gasteiger partial charge on any atom is 0.355 e. The van der Waals surface area contributed by atoms with Crippen LogP contribution in [0.4, 0.5) is 0 Å². The minimum atomic E-state index is -1.47. The van der Waals surface area contributed by atoms with Gasteiger partial charge in [-0.1, -0.05) is 30.3 Å². The van der Waals surface area contributed by atoms with Gasteiger partial charge in [0.15, 0.2) is 0 Å². The number of carbonyl (C=O) groups is 3. The van der Waals surface area contributed by atoms with Gasteiger partial charge in [0, 0.05) is 63.7 Å². The van der Waals surface area contributed by atoms with Gasteiger partial charge in [-0.25, -0.2) is 9.59 Å². The summed E-state index contributed by atoms with van der Waals surface area (Å²) in [6.45, 7) is 0.473. The highest BCUT2D eigenvalue weighted by atomic mass is 16.7. The van der Waals surface area contributed by atoms with Crippen molar-refractivity contribution in [1.82, 2.24) is 40.0 Å². The lowest BCUT2D eigenvalue weighted by atomic mass is 10.1. The molecule has 17 heteroatoms. The van der Waals surface area contributed by atoms with Crippen molar-refractivity contribution in [2.24, 2.45) is 0 Å². The van der Waals surface area contributed by atoms with Gasteiger partial charge in [-0.2, -0.15) is 5.21 Å². The molecule has 0 aliphatic rings. The highest BCUT2D eigenvalue weighted by Gasteiger charge is 2.27. The topological polar surface area (TPSA) is 232 Å². The van der Waals surface area contributed by atoms with Crippen molar-refractivity contribution in [3.63, 3.8) is 0 Å². The first-order chi connectivity index (χ1) is 24.7. The summed E-state index contributed by atoms with van der Waals surface area (Å²) in [6, 6.07) is 23.5. The molecular weight excluding hydrogens is 664 g/mol. The van der Waals surface area contributed by atoms with Crippen LogP contribution < -0.4 is 15.0 Å². The van der Waals surface area contributed by atoms with Crippen LogP contribution in [0.5, 0.6) is 23.5 Å². The maximum atomic E-state index is 13.4. The molecule has 1 unspecified atom stereocenters. The van der Waals surface area contributed by atoms with E-state index in [9.17, 15) is 34.8 Å². The van der Waals surface area contributed by atoms with Gasteiger partial charge in [0.05, 0.1) is 6.42 Å². The molecule has 0 radical (unpaired) electrons. The lowest BCUT2D eigenvalue weighted by Crippen LogP contribution is -2.45. The first kappa shape index (κ1) is 32.3. The van der Waals surface area contributed by atoms with E-state index in [0.29, 0.717) is 21.8 Å². The number of nitrogens with zero attached hydrogens (tertiary/aromatic N) is 6. The third-order valence-corrected chi connectivity index (χ3v) is 8.13. The second-order valence-electron chi connectivity index (χ2n) is 11.4. The number of hydrogen-bond acceptors (Lipinski definition) is 12. The largest absolute Gasteiger partial charge is 0.492 e. The SMILES string of the molecule is O=C(CCC(NC(=O)c1ccc(Cn2c3ccccc3c3cc(-c4nn[nH]n4)ccc32)cc1)C(=O)On1c(O)ccc1O)On1c(O)ccc1O. The Morgan fingerprint density at radius 2 is 1.41 bits per heavy atom. The number of para-hydroxylation sites is 1. The predicted octanol–water partition coefficient (Wildman–Crippen LogP) is 2.64. The number of aromatic hydroxyl groups is 4. The van der Waals surface area contributed by atoms with Crippen molar-refractivity contribution in [3.05, 3.63) is 102 Å². The summed E-state index contributed by atoms with van der Waals surface area (Å²) in [5.74, 6) is -4.53. The normalized spacial score (nSPS) is 11.8. The van der Waals surface area contributed by atoms with Crippen molar-refractivity contribution in [2.45, 2.75) is 25.4 Å². The van der Waals surface area contributed by atoms with Crippen molar-refractivity contribution in [2.75, 3.05) is 0 Å². The van der Waals surface area contributed by atoms with Crippen molar-refractivity contribution in [1.29, 1.82) is 0 Å². The number of aromatic nitrogens is 7. The standard InChI is InChI=1S/C34H28N8O9/c43-27-12-13-28(44)41(27)50-31(47)16-10-24(34(49)51-42-29(45)14-15-30(42)46)35-33(48)20-7-5-19(6-8-20)18-40-25-4-2-1-3-22(25)23-17-21(9-11-26(23)40)32-36-38-39-37-32/h1-9,11-15,17,24,43-46H,10,16,18H2,(H,35,48)(H,36,37,38,39). The number of H-pyrrole nitrogens is 1. The molecule has 3 aromatic carbocycles. The third kappa shape index (κ3) is 6.45. The average molecular weight is 693 g/mol. The van der Waals surface area contributed by atoms with Crippen LogP contribution in [0, 0.1) is 0 Å². The second-order valence-corrected chi connectivity index (χ2v) is 11.4. The predicted molar refractivity (Wildman–Crippen MR) is 177 cm³/mol. The Morgan fingerprint density at radius 1 is 0.765 bits per heavy atom. The van der Waals surface area contributed by atoms with Crippen LogP contribution in [0.2, 0.25) is 0 Å².